The zero-order valence-electron chi connectivity index (χ0n) is 8.78. The van der Waals surface area contributed by atoms with Gasteiger partial charge in [0.15, 0.2) is 0 Å². The Morgan fingerprint density at radius 1 is 1.44 bits per heavy atom. The Kier molecular flexibility index (Phi) is 3.14. The van der Waals surface area contributed by atoms with Gasteiger partial charge in [0.1, 0.15) is 5.82 Å². The molecule has 16 heavy (non-hydrogen) atoms. The van der Waals surface area contributed by atoms with Crippen molar-refractivity contribution in [3.8, 4) is 0 Å². The molecule has 0 radical (unpaired) electrons. The standard InChI is InChI=1S/C11H13FN2O2/c12-8-4-5-11(14(15)16)9(7-8)10-3-1-2-6-13-10/h4-5,7,10,13H,1-3,6H2/t10-/m0/s1. The Labute approximate surface area is 92.6 Å². The molecule has 1 N–H and O–H groups in total. The van der Waals surface area contributed by atoms with Crippen LogP contribution in [-0.4, -0.2) is 11.5 Å². The highest BCUT2D eigenvalue weighted by atomic mass is 19.1. The van der Waals surface area contributed by atoms with Crippen molar-refractivity contribution in [1.82, 2.24) is 5.32 Å². The van der Waals surface area contributed by atoms with Gasteiger partial charge in [0.2, 0.25) is 0 Å². The Morgan fingerprint density at radius 3 is 2.88 bits per heavy atom. The van der Waals surface area contributed by atoms with Crippen molar-refractivity contribution in [2.24, 2.45) is 0 Å². The average Bonchev–Trinajstić information content (AvgIpc) is 2.29. The van der Waals surface area contributed by atoms with Crippen LogP contribution in [0.15, 0.2) is 18.2 Å². The second kappa shape index (κ2) is 4.57. The summed E-state index contributed by atoms with van der Waals surface area (Å²) in [5.41, 5.74) is 0.463. The predicted octanol–water partition coefficient (Wildman–Crippen LogP) is 2.55. The number of hydrogen-bond donors (Lipinski definition) is 1. The molecule has 1 aromatic carbocycles. The minimum atomic E-state index is -0.453. The third-order valence-electron chi connectivity index (χ3n) is 2.87. The Bertz CT molecular complexity index is 403. The number of benzene rings is 1. The Morgan fingerprint density at radius 2 is 2.25 bits per heavy atom. The van der Waals surface area contributed by atoms with Crippen molar-refractivity contribution in [3.05, 3.63) is 39.7 Å². The van der Waals surface area contributed by atoms with E-state index in [9.17, 15) is 14.5 Å². The Balaban J connectivity index is 2.36. The molecule has 0 bridgehead atoms. The molecule has 0 amide bonds. The molecule has 0 aromatic heterocycles. The van der Waals surface area contributed by atoms with Crippen LogP contribution in [0.25, 0.3) is 0 Å². The number of nitro benzene ring substituents is 1. The van der Waals surface area contributed by atoms with Gasteiger partial charge in [0.25, 0.3) is 5.69 Å². The van der Waals surface area contributed by atoms with Gasteiger partial charge in [-0.15, -0.1) is 0 Å². The molecule has 1 aromatic rings. The minimum absolute atomic E-state index is 0.000741. The first-order valence-electron chi connectivity index (χ1n) is 5.35. The molecule has 0 unspecified atom stereocenters. The van der Waals surface area contributed by atoms with Crippen LogP contribution in [0, 0.1) is 15.9 Å². The predicted molar refractivity (Wildman–Crippen MR) is 57.6 cm³/mol. The molecule has 1 heterocycles. The van der Waals surface area contributed by atoms with E-state index in [1.165, 1.54) is 12.1 Å². The van der Waals surface area contributed by atoms with Crippen molar-refractivity contribution in [2.75, 3.05) is 6.54 Å². The summed E-state index contributed by atoms with van der Waals surface area (Å²) in [6.45, 7) is 0.832. The molecule has 1 aliphatic rings. The molecule has 0 spiro atoms. The van der Waals surface area contributed by atoms with Crippen LogP contribution in [-0.2, 0) is 0 Å². The third-order valence-corrected chi connectivity index (χ3v) is 2.87. The van der Waals surface area contributed by atoms with E-state index >= 15 is 0 Å². The molecule has 1 fully saturated rings. The zero-order chi connectivity index (χ0) is 11.5. The summed E-state index contributed by atoms with van der Waals surface area (Å²) in [6.07, 6.45) is 2.91. The molecular weight excluding hydrogens is 211 g/mol. The van der Waals surface area contributed by atoms with E-state index in [0.29, 0.717) is 5.56 Å². The smallest absolute Gasteiger partial charge is 0.274 e. The summed E-state index contributed by atoms with van der Waals surface area (Å²) in [5.74, 6) is -0.423. The zero-order valence-corrected chi connectivity index (χ0v) is 8.78. The molecule has 4 nitrogen and oxygen atoms in total. The number of nitro groups is 1. The topological polar surface area (TPSA) is 55.2 Å². The second-order valence-corrected chi connectivity index (χ2v) is 3.96. The van der Waals surface area contributed by atoms with Gasteiger partial charge in [-0.05, 0) is 31.5 Å². The number of rotatable bonds is 2. The van der Waals surface area contributed by atoms with Crippen LogP contribution in [0.3, 0.4) is 0 Å². The molecular formula is C11H13FN2O2. The van der Waals surface area contributed by atoms with E-state index < -0.39 is 10.7 Å². The molecule has 2 rings (SSSR count). The summed E-state index contributed by atoms with van der Waals surface area (Å²) in [6, 6.07) is 3.54. The molecule has 5 heteroatoms. The largest absolute Gasteiger partial charge is 0.310 e. The minimum Gasteiger partial charge on any atom is -0.310 e. The summed E-state index contributed by atoms with van der Waals surface area (Å²) in [7, 11) is 0. The van der Waals surface area contributed by atoms with E-state index in [1.54, 1.807) is 0 Å². The van der Waals surface area contributed by atoms with Crippen LogP contribution in [0.2, 0.25) is 0 Å². The average molecular weight is 224 g/mol. The molecule has 1 aliphatic heterocycles. The normalized spacial score (nSPS) is 20.7. The molecule has 0 aliphatic carbocycles. The SMILES string of the molecule is O=[N+]([O-])c1ccc(F)cc1[C@@H]1CCCCN1. The summed E-state index contributed by atoms with van der Waals surface area (Å²) in [4.78, 5) is 10.4. The molecule has 86 valence electrons. The lowest BCUT2D eigenvalue weighted by atomic mass is 9.96. The van der Waals surface area contributed by atoms with E-state index in [-0.39, 0.29) is 11.7 Å². The maximum absolute atomic E-state index is 13.1. The molecule has 1 saturated heterocycles. The van der Waals surface area contributed by atoms with E-state index in [1.807, 2.05) is 0 Å². The third kappa shape index (κ3) is 2.19. The number of halogens is 1. The quantitative estimate of drug-likeness (QED) is 0.620. The van der Waals surface area contributed by atoms with Gasteiger partial charge in [-0.2, -0.15) is 0 Å². The van der Waals surface area contributed by atoms with Crippen LogP contribution < -0.4 is 5.32 Å². The second-order valence-electron chi connectivity index (χ2n) is 3.96. The van der Waals surface area contributed by atoms with Crippen LogP contribution in [0.4, 0.5) is 10.1 Å². The lowest BCUT2D eigenvalue weighted by Crippen LogP contribution is -2.27. The fourth-order valence-corrected chi connectivity index (χ4v) is 2.09. The highest BCUT2D eigenvalue weighted by Gasteiger charge is 2.23. The lowest BCUT2D eigenvalue weighted by Gasteiger charge is -2.23. The van der Waals surface area contributed by atoms with Gasteiger partial charge >= 0.3 is 0 Å². The number of nitrogens with zero attached hydrogens (tertiary/aromatic N) is 1. The number of hydrogen-bond acceptors (Lipinski definition) is 3. The van der Waals surface area contributed by atoms with Crippen molar-refractivity contribution < 1.29 is 9.31 Å². The van der Waals surface area contributed by atoms with Crippen molar-refractivity contribution >= 4 is 5.69 Å². The van der Waals surface area contributed by atoms with E-state index in [0.717, 1.165) is 31.9 Å². The van der Waals surface area contributed by atoms with Crippen LogP contribution in [0.1, 0.15) is 30.9 Å². The lowest BCUT2D eigenvalue weighted by molar-refractivity contribution is -0.385. The molecule has 1 atom stereocenters. The summed E-state index contributed by atoms with van der Waals surface area (Å²) >= 11 is 0. The van der Waals surface area contributed by atoms with Gasteiger partial charge in [-0.1, -0.05) is 6.42 Å². The highest BCUT2D eigenvalue weighted by Crippen LogP contribution is 2.30. The van der Waals surface area contributed by atoms with E-state index in [2.05, 4.69) is 5.32 Å². The summed E-state index contributed by atoms with van der Waals surface area (Å²) in [5, 5.41) is 14.0. The monoisotopic (exact) mass is 224 g/mol. The fourth-order valence-electron chi connectivity index (χ4n) is 2.09. The van der Waals surface area contributed by atoms with Gasteiger partial charge in [-0.25, -0.2) is 4.39 Å². The maximum Gasteiger partial charge on any atom is 0.274 e. The number of piperidine rings is 1. The fraction of sp³-hybridized carbons (Fsp3) is 0.455. The first-order valence-corrected chi connectivity index (χ1v) is 5.35. The van der Waals surface area contributed by atoms with Gasteiger partial charge in [-0.3, -0.25) is 10.1 Å². The Hall–Kier alpha value is -1.49. The summed E-state index contributed by atoms with van der Waals surface area (Å²) < 4.78 is 13.1. The van der Waals surface area contributed by atoms with Crippen LogP contribution in [0.5, 0.6) is 0 Å². The maximum atomic E-state index is 13.1. The van der Waals surface area contributed by atoms with Gasteiger partial charge in [0, 0.05) is 17.7 Å². The highest BCUT2D eigenvalue weighted by molar-refractivity contribution is 5.42. The van der Waals surface area contributed by atoms with Crippen molar-refractivity contribution in [3.63, 3.8) is 0 Å². The van der Waals surface area contributed by atoms with E-state index in [4.69, 9.17) is 0 Å². The van der Waals surface area contributed by atoms with Gasteiger partial charge in [0.05, 0.1) is 4.92 Å². The van der Waals surface area contributed by atoms with Crippen LogP contribution >= 0.6 is 0 Å². The van der Waals surface area contributed by atoms with Gasteiger partial charge < -0.3 is 5.32 Å². The number of nitrogens with one attached hydrogen (secondary N) is 1. The van der Waals surface area contributed by atoms with Crippen molar-refractivity contribution in [2.45, 2.75) is 25.3 Å². The first kappa shape index (κ1) is 11.0. The van der Waals surface area contributed by atoms with Crippen molar-refractivity contribution in [1.29, 1.82) is 0 Å². The molecule has 0 saturated carbocycles. The first-order chi connectivity index (χ1) is 7.68.